The van der Waals surface area contributed by atoms with Crippen molar-refractivity contribution in [2.45, 2.75) is 12.8 Å². The van der Waals surface area contributed by atoms with Crippen molar-refractivity contribution < 1.29 is 14.3 Å². The fraction of sp³-hybridized carbons (Fsp3) is 0.211. The lowest BCUT2D eigenvalue weighted by atomic mass is 9.88. The highest BCUT2D eigenvalue weighted by Gasteiger charge is 2.15. The van der Waals surface area contributed by atoms with Crippen molar-refractivity contribution in [2.24, 2.45) is 0 Å². The van der Waals surface area contributed by atoms with E-state index >= 15 is 0 Å². The molecule has 1 aliphatic rings. The number of phenols is 1. The number of carbonyl (C=O) groups excluding carboxylic acids is 1. The van der Waals surface area contributed by atoms with Crippen LogP contribution in [-0.4, -0.2) is 24.2 Å². The number of benzene rings is 2. The number of hydrogen-bond acceptors (Lipinski definition) is 3. The monoisotopic (exact) mass is 311 g/mol. The Morgan fingerprint density at radius 3 is 2.22 bits per heavy atom. The normalized spacial score (nSPS) is 14.6. The molecule has 23 heavy (non-hydrogen) atoms. The summed E-state index contributed by atoms with van der Waals surface area (Å²) in [5, 5.41) is 13.1. The van der Waals surface area contributed by atoms with E-state index < -0.39 is 6.04 Å². The largest absolute Gasteiger partial charge is 0.508 e. The average Bonchev–Trinajstić information content (AvgIpc) is 2.57. The Balaban J connectivity index is 2.10. The second-order valence-corrected chi connectivity index (χ2v) is 5.63. The molecular formula is C19H18FNO2. The lowest BCUT2D eigenvalue weighted by Gasteiger charge is -2.21. The van der Waals surface area contributed by atoms with Gasteiger partial charge in [-0.1, -0.05) is 29.8 Å². The number of nitrogens with one attached hydrogen (secondary N) is 1. The zero-order chi connectivity index (χ0) is 16.2. The molecule has 0 spiro atoms. The number of aromatic hydroxyl groups is 1. The summed E-state index contributed by atoms with van der Waals surface area (Å²) in [6, 6.07) is 12.2. The Hall–Kier alpha value is -2.46. The molecule has 4 heteroatoms. The summed E-state index contributed by atoms with van der Waals surface area (Å²) in [4.78, 5) is 10.8. The van der Waals surface area contributed by atoms with Gasteiger partial charge in [-0.15, -0.1) is 0 Å². The Labute approximate surface area is 134 Å². The molecule has 2 aromatic carbocycles. The Morgan fingerprint density at radius 2 is 1.61 bits per heavy atom. The average molecular weight is 311 g/mol. The highest BCUT2D eigenvalue weighted by Crippen LogP contribution is 2.32. The van der Waals surface area contributed by atoms with Crippen LogP contribution in [0, 0.1) is 0 Å². The predicted molar refractivity (Wildman–Crippen MR) is 88.1 cm³/mol. The Bertz CT molecular complexity index is 742. The second-order valence-electron chi connectivity index (χ2n) is 5.63. The summed E-state index contributed by atoms with van der Waals surface area (Å²) < 4.78 is 12.8. The van der Waals surface area contributed by atoms with Crippen molar-refractivity contribution >= 4 is 11.6 Å². The maximum absolute atomic E-state index is 12.8. The first-order chi connectivity index (χ1) is 11.1. The molecule has 1 fully saturated rings. The molecule has 0 unspecified atom stereocenters. The van der Waals surface area contributed by atoms with E-state index in [1.54, 1.807) is 24.3 Å². The van der Waals surface area contributed by atoms with Crippen molar-refractivity contribution in [1.29, 1.82) is 0 Å². The molecule has 0 amide bonds. The van der Waals surface area contributed by atoms with E-state index in [0.29, 0.717) is 0 Å². The van der Waals surface area contributed by atoms with Gasteiger partial charge < -0.3 is 10.4 Å². The molecule has 0 radical (unpaired) electrons. The van der Waals surface area contributed by atoms with E-state index in [9.17, 15) is 14.3 Å². The van der Waals surface area contributed by atoms with Gasteiger partial charge in [-0.25, -0.2) is 0 Å². The maximum Gasteiger partial charge on any atom is 0.332 e. The zero-order valence-corrected chi connectivity index (χ0v) is 12.7. The van der Waals surface area contributed by atoms with Gasteiger partial charge in [0.2, 0.25) is 0 Å². The van der Waals surface area contributed by atoms with Crippen molar-refractivity contribution in [1.82, 2.24) is 5.32 Å². The van der Waals surface area contributed by atoms with Crippen molar-refractivity contribution in [2.75, 3.05) is 13.1 Å². The van der Waals surface area contributed by atoms with Gasteiger partial charge in [-0.3, -0.25) is 4.79 Å². The lowest BCUT2D eigenvalue weighted by molar-refractivity contribution is 0.0836. The number of phenolic OH excluding ortho intramolecular Hbond substituents is 1. The summed E-state index contributed by atoms with van der Waals surface area (Å²) >= 11 is 0. The maximum atomic E-state index is 12.8. The van der Waals surface area contributed by atoms with E-state index in [0.717, 1.165) is 42.6 Å². The highest BCUT2D eigenvalue weighted by molar-refractivity contribution is 5.90. The van der Waals surface area contributed by atoms with Gasteiger partial charge in [-0.2, -0.15) is 4.39 Å². The van der Waals surface area contributed by atoms with Gasteiger partial charge in [0, 0.05) is 0 Å². The van der Waals surface area contributed by atoms with E-state index in [4.69, 9.17) is 0 Å². The molecule has 1 heterocycles. The number of piperidine rings is 1. The second kappa shape index (κ2) is 6.75. The first kappa shape index (κ1) is 15.4. The standard InChI is InChI=1S/C19H18FNO2/c20-19(23)15-6-4-13(5-7-15)18(14-8-10-21-11-9-14)16-2-1-3-17(22)12-16/h1-7,12,21-22H,8-11H2. The highest BCUT2D eigenvalue weighted by atomic mass is 19.1. The van der Waals surface area contributed by atoms with Crippen molar-refractivity contribution in [3.63, 3.8) is 0 Å². The van der Waals surface area contributed by atoms with Gasteiger partial charge in [0.1, 0.15) is 5.75 Å². The molecule has 118 valence electrons. The van der Waals surface area contributed by atoms with Crippen molar-refractivity contribution in [3.8, 4) is 5.75 Å². The van der Waals surface area contributed by atoms with Crippen LogP contribution in [0.5, 0.6) is 5.75 Å². The first-order valence-electron chi connectivity index (χ1n) is 7.67. The van der Waals surface area contributed by atoms with Crippen LogP contribution in [0.4, 0.5) is 4.39 Å². The number of hydrogen-bond donors (Lipinski definition) is 2. The Kier molecular flexibility index (Phi) is 4.53. The van der Waals surface area contributed by atoms with Crippen LogP contribution >= 0.6 is 0 Å². The Morgan fingerprint density at radius 1 is 0.957 bits per heavy atom. The van der Waals surface area contributed by atoms with Gasteiger partial charge in [-0.05, 0) is 66.9 Å². The molecule has 0 aromatic heterocycles. The molecule has 0 saturated carbocycles. The third kappa shape index (κ3) is 3.48. The summed E-state index contributed by atoms with van der Waals surface area (Å²) in [7, 11) is 0. The molecule has 0 atom stereocenters. The molecule has 1 saturated heterocycles. The van der Waals surface area contributed by atoms with Crippen LogP contribution in [0.15, 0.2) is 54.1 Å². The molecule has 3 rings (SSSR count). The van der Waals surface area contributed by atoms with Crippen LogP contribution in [0.3, 0.4) is 0 Å². The van der Waals surface area contributed by atoms with Gasteiger partial charge in [0.25, 0.3) is 0 Å². The summed E-state index contributed by atoms with van der Waals surface area (Å²) in [5.74, 6) is 0.213. The first-order valence-corrected chi connectivity index (χ1v) is 7.67. The summed E-state index contributed by atoms with van der Waals surface area (Å²) in [6.45, 7) is 1.83. The fourth-order valence-corrected chi connectivity index (χ4v) is 2.98. The van der Waals surface area contributed by atoms with Gasteiger partial charge >= 0.3 is 6.04 Å². The van der Waals surface area contributed by atoms with Gasteiger partial charge in [0.15, 0.2) is 0 Å². The smallest absolute Gasteiger partial charge is 0.332 e. The number of carbonyl (C=O) groups is 1. The molecule has 2 aromatic rings. The number of halogens is 1. The third-order valence-corrected chi connectivity index (χ3v) is 4.10. The third-order valence-electron chi connectivity index (χ3n) is 4.10. The van der Waals surface area contributed by atoms with Crippen LogP contribution in [0.25, 0.3) is 5.57 Å². The zero-order valence-electron chi connectivity index (χ0n) is 12.7. The topological polar surface area (TPSA) is 49.3 Å². The fourth-order valence-electron chi connectivity index (χ4n) is 2.98. The molecule has 1 aliphatic heterocycles. The lowest BCUT2D eigenvalue weighted by Crippen LogP contribution is -2.23. The minimum atomic E-state index is -1.43. The van der Waals surface area contributed by atoms with E-state index in [1.807, 2.05) is 12.1 Å². The van der Waals surface area contributed by atoms with Crippen LogP contribution in [-0.2, 0) is 0 Å². The molecular weight excluding hydrogens is 293 g/mol. The van der Waals surface area contributed by atoms with Crippen LogP contribution < -0.4 is 5.32 Å². The van der Waals surface area contributed by atoms with Crippen molar-refractivity contribution in [3.05, 3.63) is 70.8 Å². The molecule has 0 bridgehead atoms. The van der Waals surface area contributed by atoms with E-state index in [-0.39, 0.29) is 11.3 Å². The molecule has 0 aliphatic carbocycles. The van der Waals surface area contributed by atoms with Gasteiger partial charge in [0.05, 0.1) is 5.56 Å². The van der Waals surface area contributed by atoms with E-state index in [1.165, 1.54) is 17.7 Å². The van der Waals surface area contributed by atoms with Crippen LogP contribution in [0.2, 0.25) is 0 Å². The minimum absolute atomic E-state index is 0.0549. The SMILES string of the molecule is O=C(F)c1ccc(C(=C2CCNCC2)c2cccc(O)c2)cc1. The molecule has 2 N–H and O–H groups in total. The summed E-state index contributed by atoms with van der Waals surface area (Å²) in [5.41, 5.74) is 4.27. The molecule has 3 nitrogen and oxygen atoms in total. The van der Waals surface area contributed by atoms with Crippen LogP contribution in [0.1, 0.15) is 34.3 Å². The number of rotatable bonds is 3. The summed E-state index contributed by atoms with van der Waals surface area (Å²) in [6.07, 6.45) is 1.85. The predicted octanol–water partition coefficient (Wildman–Crippen LogP) is 3.69. The minimum Gasteiger partial charge on any atom is -0.508 e. The quantitative estimate of drug-likeness (QED) is 0.850. The van der Waals surface area contributed by atoms with E-state index in [2.05, 4.69) is 5.32 Å².